The van der Waals surface area contributed by atoms with Gasteiger partial charge in [-0.05, 0) is 59.0 Å². The number of fused-ring (bicyclic) bond motifs is 1. The standard InChI is InChI=1S/C23H14ClNS2/c24-16-8-9-19-18(13-16)17(15-5-2-1-3-6-15)14-20(25-19)21-10-11-23(27-21)22-7-4-12-26-22/h1-14H. The fraction of sp³-hybridized carbons (Fsp3) is 0. The lowest BCUT2D eigenvalue weighted by molar-refractivity contribution is 1.42. The molecule has 0 atom stereocenters. The van der Waals surface area contributed by atoms with Gasteiger partial charge in [0.25, 0.3) is 0 Å². The zero-order valence-corrected chi connectivity index (χ0v) is 16.6. The summed E-state index contributed by atoms with van der Waals surface area (Å²) in [7, 11) is 0. The van der Waals surface area contributed by atoms with Crippen molar-refractivity contribution in [3.05, 3.63) is 89.3 Å². The van der Waals surface area contributed by atoms with E-state index in [-0.39, 0.29) is 0 Å². The van der Waals surface area contributed by atoms with Crippen LogP contribution in [0.5, 0.6) is 0 Å². The molecule has 0 saturated heterocycles. The molecule has 0 unspecified atom stereocenters. The normalized spacial score (nSPS) is 11.1. The van der Waals surface area contributed by atoms with Crippen LogP contribution in [0.3, 0.4) is 0 Å². The van der Waals surface area contributed by atoms with Crippen LogP contribution in [0.4, 0.5) is 0 Å². The van der Waals surface area contributed by atoms with Crippen molar-refractivity contribution in [1.29, 1.82) is 0 Å². The topological polar surface area (TPSA) is 12.9 Å². The van der Waals surface area contributed by atoms with Gasteiger partial charge in [0.05, 0.1) is 16.1 Å². The Kier molecular flexibility index (Phi) is 4.29. The maximum absolute atomic E-state index is 6.27. The smallest absolute Gasteiger partial charge is 0.0815 e. The van der Waals surface area contributed by atoms with Crippen LogP contribution in [0.2, 0.25) is 5.02 Å². The van der Waals surface area contributed by atoms with E-state index >= 15 is 0 Å². The molecular weight excluding hydrogens is 390 g/mol. The fourth-order valence-electron chi connectivity index (χ4n) is 3.21. The highest BCUT2D eigenvalue weighted by atomic mass is 35.5. The molecule has 0 aliphatic heterocycles. The van der Waals surface area contributed by atoms with E-state index in [0.29, 0.717) is 0 Å². The lowest BCUT2D eigenvalue weighted by atomic mass is 10.00. The number of pyridine rings is 1. The van der Waals surface area contributed by atoms with Crippen molar-refractivity contribution < 1.29 is 0 Å². The summed E-state index contributed by atoms with van der Waals surface area (Å²) >= 11 is 9.82. The van der Waals surface area contributed by atoms with Crippen LogP contribution in [-0.2, 0) is 0 Å². The zero-order chi connectivity index (χ0) is 18.2. The Labute approximate surface area is 170 Å². The summed E-state index contributed by atoms with van der Waals surface area (Å²) in [6.45, 7) is 0. The molecule has 2 aromatic carbocycles. The van der Waals surface area contributed by atoms with E-state index in [0.717, 1.165) is 27.2 Å². The van der Waals surface area contributed by atoms with E-state index in [2.05, 4.69) is 60.0 Å². The first kappa shape index (κ1) is 16.7. The number of aromatic nitrogens is 1. The highest BCUT2D eigenvalue weighted by Crippen LogP contribution is 2.39. The predicted octanol–water partition coefficient (Wildman–Crippen LogP) is 8.01. The summed E-state index contributed by atoms with van der Waals surface area (Å²) in [6, 6.07) is 27.1. The van der Waals surface area contributed by atoms with Gasteiger partial charge >= 0.3 is 0 Å². The molecule has 0 aliphatic rings. The molecule has 130 valence electrons. The van der Waals surface area contributed by atoms with Gasteiger partial charge in [-0.1, -0.05) is 48.0 Å². The minimum Gasteiger partial charge on any atom is -0.247 e. The summed E-state index contributed by atoms with van der Waals surface area (Å²) in [5, 5.41) is 3.91. The van der Waals surface area contributed by atoms with Crippen LogP contribution in [0.1, 0.15) is 0 Å². The van der Waals surface area contributed by atoms with Crippen molar-refractivity contribution in [2.45, 2.75) is 0 Å². The Morgan fingerprint density at radius 2 is 1.59 bits per heavy atom. The van der Waals surface area contributed by atoms with Crippen molar-refractivity contribution in [1.82, 2.24) is 4.98 Å². The van der Waals surface area contributed by atoms with Crippen molar-refractivity contribution in [3.8, 4) is 31.5 Å². The summed E-state index contributed by atoms with van der Waals surface area (Å²) in [5.74, 6) is 0. The van der Waals surface area contributed by atoms with Gasteiger partial charge < -0.3 is 0 Å². The van der Waals surface area contributed by atoms with Crippen molar-refractivity contribution in [2.75, 3.05) is 0 Å². The minimum atomic E-state index is 0.727. The van der Waals surface area contributed by atoms with Gasteiger partial charge in [0, 0.05) is 20.2 Å². The molecule has 0 fully saturated rings. The van der Waals surface area contributed by atoms with E-state index in [1.165, 1.54) is 20.2 Å². The average molecular weight is 404 g/mol. The van der Waals surface area contributed by atoms with E-state index < -0.39 is 0 Å². The Morgan fingerprint density at radius 3 is 2.41 bits per heavy atom. The first-order valence-electron chi connectivity index (χ1n) is 8.58. The monoisotopic (exact) mass is 403 g/mol. The van der Waals surface area contributed by atoms with E-state index in [1.807, 2.05) is 24.3 Å². The molecule has 0 N–H and O–H groups in total. The largest absolute Gasteiger partial charge is 0.247 e. The molecule has 4 heteroatoms. The minimum absolute atomic E-state index is 0.727. The quantitative estimate of drug-likeness (QED) is 0.297. The van der Waals surface area contributed by atoms with Crippen molar-refractivity contribution in [2.24, 2.45) is 0 Å². The number of halogens is 1. The molecule has 3 aromatic heterocycles. The summed E-state index contributed by atoms with van der Waals surface area (Å²) in [4.78, 5) is 8.67. The maximum atomic E-state index is 6.27. The second-order valence-electron chi connectivity index (χ2n) is 6.22. The zero-order valence-electron chi connectivity index (χ0n) is 14.2. The Morgan fingerprint density at radius 1 is 0.741 bits per heavy atom. The molecule has 0 amide bonds. The lowest BCUT2D eigenvalue weighted by Gasteiger charge is -2.10. The van der Waals surface area contributed by atoms with Crippen molar-refractivity contribution >= 4 is 45.2 Å². The number of nitrogens with zero attached hydrogens (tertiary/aromatic N) is 1. The van der Waals surface area contributed by atoms with Crippen LogP contribution < -0.4 is 0 Å². The summed E-state index contributed by atoms with van der Waals surface area (Å²) in [5.41, 5.74) is 4.28. The molecule has 27 heavy (non-hydrogen) atoms. The Balaban J connectivity index is 1.71. The van der Waals surface area contributed by atoms with E-state index in [4.69, 9.17) is 16.6 Å². The highest BCUT2D eigenvalue weighted by molar-refractivity contribution is 7.23. The van der Waals surface area contributed by atoms with Crippen LogP contribution in [0.25, 0.3) is 42.4 Å². The molecule has 0 radical (unpaired) electrons. The van der Waals surface area contributed by atoms with Crippen LogP contribution in [0, 0.1) is 0 Å². The van der Waals surface area contributed by atoms with E-state index in [1.54, 1.807) is 22.7 Å². The number of thiophene rings is 2. The molecule has 5 rings (SSSR count). The predicted molar refractivity (Wildman–Crippen MR) is 119 cm³/mol. The molecule has 0 aliphatic carbocycles. The number of hydrogen-bond acceptors (Lipinski definition) is 3. The van der Waals surface area contributed by atoms with Gasteiger partial charge in [-0.3, -0.25) is 0 Å². The van der Waals surface area contributed by atoms with E-state index in [9.17, 15) is 0 Å². The molecule has 0 bridgehead atoms. The third-order valence-electron chi connectivity index (χ3n) is 4.48. The molecule has 0 spiro atoms. The fourth-order valence-corrected chi connectivity index (χ4v) is 5.18. The first-order chi connectivity index (χ1) is 13.3. The number of rotatable bonds is 3. The number of benzene rings is 2. The van der Waals surface area contributed by atoms with Gasteiger partial charge in [0.1, 0.15) is 0 Å². The third kappa shape index (κ3) is 3.19. The van der Waals surface area contributed by atoms with Gasteiger partial charge in [-0.15, -0.1) is 22.7 Å². The Hall–Kier alpha value is -2.46. The third-order valence-corrected chi connectivity index (χ3v) is 6.89. The van der Waals surface area contributed by atoms with Crippen molar-refractivity contribution in [3.63, 3.8) is 0 Å². The molecule has 1 nitrogen and oxygen atoms in total. The first-order valence-corrected chi connectivity index (χ1v) is 10.7. The van der Waals surface area contributed by atoms with Crippen LogP contribution >= 0.6 is 34.3 Å². The molecule has 3 heterocycles. The van der Waals surface area contributed by atoms with Gasteiger partial charge in [0.15, 0.2) is 0 Å². The lowest BCUT2D eigenvalue weighted by Crippen LogP contribution is -1.88. The highest BCUT2D eigenvalue weighted by Gasteiger charge is 2.12. The second-order valence-corrected chi connectivity index (χ2v) is 8.69. The van der Waals surface area contributed by atoms with Gasteiger partial charge in [0.2, 0.25) is 0 Å². The Bertz CT molecular complexity index is 1220. The SMILES string of the molecule is Clc1ccc2nc(-c3ccc(-c4cccs4)s3)cc(-c3ccccc3)c2c1. The molecule has 5 aromatic rings. The molecule has 0 saturated carbocycles. The van der Waals surface area contributed by atoms with Gasteiger partial charge in [-0.25, -0.2) is 4.98 Å². The average Bonchev–Trinajstić information content (AvgIpc) is 3.39. The van der Waals surface area contributed by atoms with Gasteiger partial charge in [-0.2, -0.15) is 0 Å². The van der Waals surface area contributed by atoms with Crippen LogP contribution in [0.15, 0.2) is 84.2 Å². The molecular formula is C23H14ClNS2. The van der Waals surface area contributed by atoms with Crippen LogP contribution in [-0.4, -0.2) is 4.98 Å². The summed E-state index contributed by atoms with van der Waals surface area (Å²) in [6.07, 6.45) is 0. The maximum Gasteiger partial charge on any atom is 0.0815 e. The second kappa shape index (κ2) is 6.93. The summed E-state index contributed by atoms with van der Waals surface area (Å²) < 4.78 is 0. The number of hydrogen-bond donors (Lipinski definition) is 0.